The Morgan fingerprint density at radius 2 is 1.62 bits per heavy atom. The van der Waals surface area contributed by atoms with E-state index in [1.54, 1.807) is 23.0 Å². The molecule has 2 aliphatic rings. The Hall–Kier alpha value is -3.34. The van der Waals surface area contributed by atoms with Gasteiger partial charge in [-0.3, -0.25) is 4.79 Å². The first kappa shape index (κ1) is 25.3. The van der Waals surface area contributed by atoms with Crippen LogP contribution in [0.5, 0.6) is 0 Å². The molecule has 196 valence electrons. The van der Waals surface area contributed by atoms with Crippen LogP contribution in [0.25, 0.3) is 16.8 Å². The van der Waals surface area contributed by atoms with E-state index in [0.717, 1.165) is 11.3 Å². The molecule has 0 unspecified atom stereocenters. The monoisotopic (exact) mass is 532 g/mol. The van der Waals surface area contributed by atoms with Crippen LogP contribution < -0.4 is 10.6 Å². The molecule has 0 spiro atoms. The number of primary amides is 1. The Labute approximate surface area is 213 Å². The number of halogens is 3. The highest BCUT2D eigenvalue weighted by Crippen LogP contribution is 2.46. The van der Waals surface area contributed by atoms with Crippen molar-refractivity contribution in [1.29, 1.82) is 0 Å². The van der Waals surface area contributed by atoms with Gasteiger partial charge in [0.05, 0.1) is 28.8 Å². The molecular formula is C26H27F3N4O3S. The molecule has 1 saturated carbocycles. The molecule has 2 N–H and O–H groups in total. The highest BCUT2D eigenvalue weighted by Gasteiger charge is 2.46. The van der Waals surface area contributed by atoms with Crippen molar-refractivity contribution in [3.05, 3.63) is 66.2 Å². The fourth-order valence-corrected chi connectivity index (χ4v) is 6.39. The van der Waals surface area contributed by atoms with Crippen LogP contribution in [0, 0.1) is 11.7 Å². The molecule has 0 bridgehead atoms. The van der Waals surface area contributed by atoms with Crippen molar-refractivity contribution in [2.45, 2.75) is 31.1 Å². The zero-order valence-corrected chi connectivity index (χ0v) is 20.8. The van der Waals surface area contributed by atoms with Crippen molar-refractivity contribution < 1.29 is 26.4 Å². The van der Waals surface area contributed by atoms with E-state index in [-0.39, 0.29) is 24.3 Å². The lowest BCUT2D eigenvalue weighted by Gasteiger charge is -2.33. The number of sulfone groups is 1. The standard InChI is InChI=1S/C26H27F3N4O3S/c27-18-3-7-20(8-4-18)33-16-23(24(31-33)21-9-10-26(28,29)15-22(21)25(30)34)17-1-5-19(6-2-17)32-11-13-37(35,36)14-12-32/h1-8,16,21-22H,9-15H2,(H2,30,34)/t21-,22-/m1/s1. The van der Waals surface area contributed by atoms with Gasteiger partial charge in [0, 0.05) is 49.3 Å². The molecule has 1 aromatic heterocycles. The first-order chi connectivity index (χ1) is 17.5. The van der Waals surface area contributed by atoms with Crippen LogP contribution in [0.15, 0.2) is 54.7 Å². The maximum absolute atomic E-state index is 14.2. The predicted octanol–water partition coefficient (Wildman–Crippen LogP) is 3.92. The van der Waals surface area contributed by atoms with Gasteiger partial charge in [-0.05, 0) is 48.4 Å². The van der Waals surface area contributed by atoms with E-state index in [2.05, 4.69) is 5.10 Å². The SMILES string of the molecule is NC(=O)[C@@H]1CC(F)(F)CC[C@H]1c1nn(-c2ccc(F)cc2)cc1-c1ccc(N2CCS(=O)(=O)CC2)cc1. The summed E-state index contributed by atoms with van der Waals surface area (Å²) in [4.78, 5) is 14.2. The van der Waals surface area contributed by atoms with Gasteiger partial charge in [-0.2, -0.15) is 5.10 Å². The van der Waals surface area contributed by atoms with Crippen LogP contribution in [0.1, 0.15) is 30.9 Å². The molecule has 5 rings (SSSR count). The Morgan fingerprint density at radius 1 is 1.00 bits per heavy atom. The average Bonchev–Trinajstić information content (AvgIpc) is 3.29. The number of anilines is 1. The van der Waals surface area contributed by atoms with Crippen LogP contribution in [0.2, 0.25) is 0 Å². The molecule has 2 aromatic carbocycles. The number of carbonyl (C=O) groups is 1. The number of rotatable bonds is 5. The number of nitrogens with zero attached hydrogens (tertiary/aromatic N) is 3. The number of alkyl halides is 2. The van der Waals surface area contributed by atoms with Crippen molar-refractivity contribution in [2.24, 2.45) is 11.7 Å². The number of amides is 1. The Balaban J connectivity index is 1.53. The molecule has 1 saturated heterocycles. The van der Waals surface area contributed by atoms with Crippen molar-refractivity contribution >= 4 is 21.4 Å². The first-order valence-corrected chi connectivity index (χ1v) is 13.9. The molecule has 11 heteroatoms. The lowest BCUT2D eigenvalue weighted by Crippen LogP contribution is -2.40. The van der Waals surface area contributed by atoms with E-state index in [4.69, 9.17) is 5.73 Å². The number of hydrogen-bond acceptors (Lipinski definition) is 5. The second-order valence-electron chi connectivity index (χ2n) is 9.75. The molecule has 3 aromatic rings. The molecular weight excluding hydrogens is 505 g/mol. The molecule has 1 aliphatic carbocycles. The third-order valence-electron chi connectivity index (χ3n) is 7.26. The van der Waals surface area contributed by atoms with Gasteiger partial charge in [-0.15, -0.1) is 0 Å². The third-order valence-corrected chi connectivity index (χ3v) is 8.87. The third kappa shape index (κ3) is 5.36. The van der Waals surface area contributed by atoms with Gasteiger partial charge in [0.15, 0.2) is 9.84 Å². The van der Waals surface area contributed by atoms with Crippen molar-refractivity contribution in [3.8, 4) is 16.8 Å². The molecule has 2 atom stereocenters. The van der Waals surface area contributed by atoms with E-state index in [1.807, 2.05) is 29.2 Å². The normalized spacial score (nSPS) is 23.1. The summed E-state index contributed by atoms with van der Waals surface area (Å²) in [6.45, 7) is 0.817. The fraction of sp³-hybridized carbons (Fsp3) is 0.385. The summed E-state index contributed by atoms with van der Waals surface area (Å²) in [5.74, 6) is -5.63. The Kier molecular flexibility index (Phi) is 6.51. The Bertz CT molecular complexity index is 1390. The van der Waals surface area contributed by atoms with Gasteiger partial charge in [0.2, 0.25) is 11.8 Å². The second-order valence-corrected chi connectivity index (χ2v) is 12.1. The zero-order chi connectivity index (χ0) is 26.4. The second kappa shape index (κ2) is 9.51. The summed E-state index contributed by atoms with van der Waals surface area (Å²) >= 11 is 0. The van der Waals surface area contributed by atoms with Crippen molar-refractivity contribution in [1.82, 2.24) is 9.78 Å². The summed E-state index contributed by atoms with van der Waals surface area (Å²) < 4.78 is 67.0. The maximum Gasteiger partial charge on any atom is 0.249 e. The number of benzene rings is 2. The van der Waals surface area contributed by atoms with E-state index in [1.165, 1.54) is 12.1 Å². The summed E-state index contributed by atoms with van der Waals surface area (Å²) in [6, 6.07) is 13.2. The summed E-state index contributed by atoms with van der Waals surface area (Å²) in [6.07, 6.45) is 0.790. The van der Waals surface area contributed by atoms with Gasteiger partial charge in [-0.25, -0.2) is 26.3 Å². The minimum atomic E-state index is -3.01. The van der Waals surface area contributed by atoms with Gasteiger partial charge in [0.1, 0.15) is 5.82 Å². The van der Waals surface area contributed by atoms with E-state index in [9.17, 15) is 26.4 Å². The molecule has 37 heavy (non-hydrogen) atoms. The van der Waals surface area contributed by atoms with Gasteiger partial charge in [-0.1, -0.05) is 12.1 Å². The highest BCUT2D eigenvalue weighted by molar-refractivity contribution is 7.91. The number of aromatic nitrogens is 2. The largest absolute Gasteiger partial charge is 0.369 e. The summed E-state index contributed by atoms with van der Waals surface area (Å²) in [5, 5.41) is 4.68. The van der Waals surface area contributed by atoms with Crippen LogP contribution >= 0.6 is 0 Å². The smallest absolute Gasteiger partial charge is 0.249 e. The van der Waals surface area contributed by atoms with Gasteiger partial charge in [0.25, 0.3) is 0 Å². The number of nitrogens with two attached hydrogens (primary N) is 1. The van der Waals surface area contributed by atoms with Gasteiger partial charge < -0.3 is 10.6 Å². The van der Waals surface area contributed by atoms with E-state index >= 15 is 0 Å². The molecule has 0 radical (unpaired) electrons. The predicted molar refractivity (Wildman–Crippen MR) is 134 cm³/mol. The lowest BCUT2D eigenvalue weighted by molar-refractivity contribution is -0.130. The highest BCUT2D eigenvalue weighted by atomic mass is 32.2. The molecule has 2 fully saturated rings. The minimum Gasteiger partial charge on any atom is -0.369 e. The van der Waals surface area contributed by atoms with Crippen LogP contribution in [0.3, 0.4) is 0 Å². The van der Waals surface area contributed by atoms with Crippen molar-refractivity contribution in [2.75, 3.05) is 29.5 Å². The van der Waals surface area contributed by atoms with E-state index < -0.39 is 45.7 Å². The molecule has 1 aliphatic heterocycles. The van der Waals surface area contributed by atoms with E-state index in [0.29, 0.717) is 30.0 Å². The topological polar surface area (TPSA) is 98.3 Å². The zero-order valence-electron chi connectivity index (χ0n) is 20.0. The molecule has 7 nitrogen and oxygen atoms in total. The minimum absolute atomic E-state index is 0.0500. The quantitative estimate of drug-likeness (QED) is 0.537. The number of hydrogen-bond donors (Lipinski definition) is 1. The fourth-order valence-electron chi connectivity index (χ4n) is 5.19. The van der Waals surface area contributed by atoms with Gasteiger partial charge >= 0.3 is 0 Å². The average molecular weight is 533 g/mol. The maximum atomic E-state index is 14.2. The van der Waals surface area contributed by atoms with Crippen LogP contribution in [-0.2, 0) is 14.6 Å². The van der Waals surface area contributed by atoms with Crippen LogP contribution in [-0.4, -0.2) is 54.6 Å². The number of carbonyl (C=O) groups excluding carboxylic acids is 1. The molecule has 1 amide bonds. The Morgan fingerprint density at radius 3 is 2.24 bits per heavy atom. The lowest BCUT2D eigenvalue weighted by atomic mass is 9.74. The first-order valence-electron chi connectivity index (χ1n) is 12.1. The molecule has 2 heterocycles. The summed E-state index contributed by atoms with van der Waals surface area (Å²) in [7, 11) is -3.01. The van der Waals surface area contributed by atoms with Crippen molar-refractivity contribution in [3.63, 3.8) is 0 Å². The van der Waals surface area contributed by atoms with Crippen LogP contribution in [0.4, 0.5) is 18.9 Å². The summed E-state index contributed by atoms with van der Waals surface area (Å²) in [5.41, 5.74) is 8.93.